The Morgan fingerprint density at radius 3 is 2.95 bits per heavy atom. The first kappa shape index (κ1) is 12.0. The third-order valence-electron chi connectivity index (χ3n) is 3.70. The number of benzene rings is 1. The first-order chi connectivity index (χ1) is 9.24. The van der Waals surface area contributed by atoms with E-state index in [0.717, 1.165) is 24.2 Å². The molecule has 0 saturated heterocycles. The maximum absolute atomic E-state index is 5.93. The highest BCUT2D eigenvalue weighted by Gasteiger charge is 2.39. The van der Waals surface area contributed by atoms with E-state index in [1.165, 1.54) is 0 Å². The quantitative estimate of drug-likeness (QED) is 0.848. The molecule has 2 N–H and O–H groups in total. The molecule has 1 saturated carbocycles. The highest BCUT2D eigenvalue weighted by molar-refractivity contribution is 5.66. The van der Waals surface area contributed by atoms with Crippen LogP contribution in [0.3, 0.4) is 0 Å². The van der Waals surface area contributed by atoms with Crippen molar-refractivity contribution < 1.29 is 4.74 Å². The van der Waals surface area contributed by atoms with E-state index < -0.39 is 0 Å². The van der Waals surface area contributed by atoms with E-state index in [-0.39, 0.29) is 0 Å². The fraction of sp³-hybridized carbons (Fsp3) is 0.462. The summed E-state index contributed by atoms with van der Waals surface area (Å²) in [5.41, 5.74) is 7.45. The van der Waals surface area contributed by atoms with Crippen LogP contribution in [0.4, 0.5) is 5.69 Å². The minimum absolute atomic E-state index is 0.429. The molecular weight excluding hydrogens is 242 g/mol. The Morgan fingerprint density at radius 2 is 2.32 bits per heavy atom. The molecule has 2 atom stereocenters. The number of hydrogen-bond donors (Lipinski definition) is 1. The summed E-state index contributed by atoms with van der Waals surface area (Å²) in [4.78, 5) is 0. The first-order valence-corrected chi connectivity index (χ1v) is 6.46. The predicted octanol–water partition coefficient (Wildman–Crippen LogP) is 1.90. The third kappa shape index (κ3) is 2.03. The van der Waals surface area contributed by atoms with E-state index in [2.05, 4.69) is 22.4 Å². The van der Waals surface area contributed by atoms with Gasteiger partial charge in [0.15, 0.2) is 5.82 Å². The van der Waals surface area contributed by atoms with E-state index in [4.69, 9.17) is 10.5 Å². The average molecular weight is 259 g/mol. The highest BCUT2D eigenvalue weighted by atomic mass is 16.5. The van der Waals surface area contributed by atoms with E-state index in [1.807, 2.05) is 22.9 Å². The van der Waals surface area contributed by atoms with Crippen molar-refractivity contribution >= 4 is 5.69 Å². The predicted molar refractivity (Wildman–Crippen MR) is 71.7 cm³/mol. The number of nitrogen functional groups attached to an aromatic ring is 1. The van der Waals surface area contributed by atoms with Crippen molar-refractivity contribution in [3.05, 3.63) is 18.2 Å². The summed E-state index contributed by atoms with van der Waals surface area (Å²) in [6, 6.07) is 6.05. The number of anilines is 1. The van der Waals surface area contributed by atoms with Gasteiger partial charge in [-0.1, -0.05) is 13.3 Å². The average Bonchev–Trinajstić information content (AvgIpc) is 3.05. The maximum atomic E-state index is 5.93. The summed E-state index contributed by atoms with van der Waals surface area (Å²) in [5.74, 6) is 2.13. The van der Waals surface area contributed by atoms with Crippen LogP contribution in [-0.4, -0.2) is 27.3 Å². The molecule has 2 unspecified atom stereocenters. The van der Waals surface area contributed by atoms with Crippen LogP contribution >= 0.6 is 0 Å². The zero-order valence-corrected chi connectivity index (χ0v) is 11.1. The van der Waals surface area contributed by atoms with Crippen molar-refractivity contribution in [2.75, 3.05) is 12.8 Å². The minimum atomic E-state index is 0.429. The lowest BCUT2D eigenvalue weighted by atomic mass is 10.1. The minimum Gasteiger partial charge on any atom is -0.495 e. The second-order valence-electron chi connectivity index (χ2n) is 4.88. The van der Waals surface area contributed by atoms with Crippen molar-refractivity contribution in [2.24, 2.45) is 5.92 Å². The SMILES string of the molecule is CCC1CC1n1nnnc1-c1ccc(OC)c(N)c1. The molecule has 19 heavy (non-hydrogen) atoms. The number of ether oxygens (including phenoxy) is 1. The highest BCUT2D eigenvalue weighted by Crippen LogP contribution is 2.46. The Bertz CT molecular complexity index is 594. The lowest BCUT2D eigenvalue weighted by Gasteiger charge is -2.07. The number of aromatic nitrogens is 4. The van der Waals surface area contributed by atoms with Gasteiger partial charge in [-0.25, -0.2) is 4.68 Å². The van der Waals surface area contributed by atoms with Crippen molar-refractivity contribution in [3.63, 3.8) is 0 Å². The van der Waals surface area contributed by atoms with Gasteiger partial charge in [0.1, 0.15) is 5.75 Å². The molecule has 0 bridgehead atoms. The summed E-state index contributed by atoms with van der Waals surface area (Å²) in [6.45, 7) is 2.19. The standard InChI is InChI=1S/C13H17N5O/c1-3-8-7-11(8)18-13(15-16-17-18)9-4-5-12(19-2)10(14)6-9/h4-6,8,11H,3,7,14H2,1-2H3. The number of tetrazole rings is 1. The zero-order valence-electron chi connectivity index (χ0n) is 11.1. The molecular formula is C13H17N5O. The van der Waals surface area contributed by atoms with Gasteiger partial charge in [-0.3, -0.25) is 0 Å². The van der Waals surface area contributed by atoms with E-state index >= 15 is 0 Å². The molecule has 1 aliphatic rings. The van der Waals surface area contributed by atoms with E-state index in [1.54, 1.807) is 7.11 Å². The molecule has 1 aliphatic carbocycles. The monoisotopic (exact) mass is 259 g/mol. The molecule has 2 aromatic rings. The van der Waals surface area contributed by atoms with Gasteiger partial charge in [-0.15, -0.1) is 5.10 Å². The second kappa shape index (κ2) is 4.53. The molecule has 1 aromatic carbocycles. The van der Waals surface area contributed by atoms with Crippen molar-refractivity contribution in [3.8, 4) is 17.1 Å². The largest absolute Gasteiger partial charge is 0.495 e. The topological polar surface area (TPSA) is 78.8 Å². The smallest absolute Gasteiger partial charge is 0.182 e. The fourth-order valence-corrected chi connectivity index (χ4v) is 2.45. The molecule has 1 heterocycles. The normalized spacial score (nSPS) is 21.4. The lowest BCUT2D eigenvalue weighted by Crippen LogP contribution is -2.02. The van der Waals surface area contributed by atoms with Gasteiger partial charge in [0.25, 0.3) is 0 Å². The Labute approximate surface area is 111 Å². The van der Waals surface area contributed by atoms with Crippen LogP contribution in [0.15, 0.2) is 18.2 Å². The lowest BCUT2D eigenvalue weighted by molar-refractivity contribution is 0.417. The van der Waals surface area contributed by atoms with Gasteiger partial charge in [0.05, 0.1) is 18.8 Å². The molecule has 6 heteroatoms. The van der Waals surface area contributed by atoms with Gasteiger partial charge in [-0.2, -0.15) is 0 Å². The Balaban J connectivity index is 1.95. The molecule has 0 radical (unpaired) electrons. The summed E-state index contributed by atoms with van der Waals surface area (Å²) >= 11 is 0. The van der Waals surface area contributed by atoms with Crippen LogP contribution in [-0.2, 0) is 0 Å². The number of methoxy groups -OCH3 is 1. The molecule has 0 spiro atoms. The number of nitrogens with zero attached hydrogens (tertiary/aromatic N) is 4. The number of rotatable bonds is 4. The van der Waals surface area contributed by atoms with Crippen LogP contribution in [0.1, 0.15) is 25.8 Å². The van der Waals surface area contributed by atoms with Crippen LogP contribution < -0.4 is 10.5 Å². The second-order valence-corrected chi connectivity index (χ2v) is 4.88. The van der Waals surface area contributed by atoms with Crippen LogP contribution in [0.25, 0.3) is 11.4 Å². The zero-order chi connectivity index (χ0) is 13.4. The van der Waals surface area contributed by atoms with Crippen molar-refractivity contribution in [1.82, 2.24) is 20.2 Å². The van der Waals surface area contributed by atoms with Crippen LogP contribution in [0.2, 0.25) is 0 Å². The maximum Gasteiger partial charge on any atom is 0.182 e. The van der Waals surface area contributed by atoms with Crippen molar-refractivity contribution in [2.45, 2.75) is 25.8 Å². The molecule has 0 amide bonds. The fourth-order valence-electron chi connectivity index (χ4n) is 2.45. The summed E-state index contributed by atoms with van der Waals surface area (Å²) in [6.07, 6.45) is 2.31. The van der Waals surface area contributed by atoms with Crippen molar-refractivity contribution in [1.29, 1.82) is 0 Å². The van der Waals surface area contributed by atoms with Crippen LogP contribution in [0, 0.1) is 5.92 Å². The van der Waals surface area contributed by atoms with Gasteiger partial charge >= 0.3 is 0 Å². The number of nitrogens with two attached hydrogens (primary N) is 1. The molecule has 1 aromatic heterocycles. The van der Waals surface area contributed by atoms with Gasteiger partial charge in [0.2, 0.25) is 0 Å². The van der Waals surface area contributed by atoms with E-state index in [9.17, 15) is 0 Å². The molecule has 100 valence electrons. The Kier molecular flexibility index (Phi) is 2.85. The first-order valence-electron chi connectivity index (χ1n) is 6.46. The number of hydrogen-bond acceptors (Lipinski definition) is 5. The molecule has 3 rings (SSSR count). The Hall–Kier alpha value is -2.11. The van der Waals surface area contributed by atoms with Gasteiger partial charge in [0, 0.05) is 5.56 Å². The van der Waals surface area contributed by atoms with E-state index in [0.29, 0.717) is 23.4 Å². The van der Waals surface area contributed by atoms with Gasteiger partial charge < -0.3 is 10.5 Å². The summed E-state index contributed by atoms with van der Waals surface area (Å²) in [5, 5.41) is 12.0. The molecule has 0 aliphatic heterocycles. The summed E-state index contributed by atoms with van der Waals surface area (Å²) < 4.78 is 7.07. The third-order valence-corrected chi connectivity index (χ3v) is 3.70. The van der Waals surface area contributed by atoms with Crippen LogP contribution in [0.5, 0.6) is 5.75 Å². The molecule has 1 fully saturated rings. The summed E-state index contributed by atoms with van der Waals surface area (Å²) in [7, 11) is 1.60. The Morgan fingerprint density at radius 1 is 1.47 bits per heavy atom. The van der Waals surface area contributed by atoms with Gasteiger partial charge in [-0.05, 0) is 41.0 Å². The molecule has 6 nitrogen and oxygen atoms in total.